The van der Waals surface area contributed by atoms with Crippen molar-refractivity contribution in [2.45, 2.75) is 31.5 Å². The molecule has 38 heavy (non-hydrogen) atoms. The van der Waals surface area contributed by atoms with Crippen LogP contribution in [0.25, 0.3) is 43.6 Å². The van der Waals surface area contributed by atoms with Crippen LogP contribution in [0.15, 0.2) is 48.5 Å². The van der Waals surface area contributed by atoms with Gasteiger partial charge in [-0.1, -0.05) is 36.4 Å². The molecule has 3 atom stereocenters. The highest BCUT2D eigenvalue weighted by atomic mass is 16.5. The van der Waals surface area contributed by atoms with Gasteiger partial charge in [0.25, 0.3) is 5.91 Å². The SMILES string of the molecule is COC1C(N(C)CC(=O)O)Cn2c3ccccc3c3c4c(c5c6ccccc6n(c5c32)C1OC)CNC4=O. The maximum atomic E-state index is 13.4. The zero-order valence-electron chi connectivity index (χ0n) is 21.4. The zero-order chi connectivity index (χ0) is 26.3. The lowest BCUT2D eigenvalue weighted by Gasteiger charge is -2.39. The molecule has 0 saturated heterocycles. The van der Waals surface area contributed by atoms with E-state index in [1.54, 1.807) is 14.2 Å². The largest absolute Gasteiger partial charge is 0.480 e. The van der Waals surface area contributed by atoms with Crippen molar-refractivity contribution in [2.24, 2.45) is 0 Å². The van der Waals surface area contributed by atoms with Crippen LogP contribution >= 0.6 is 0 Å². The molecule has 2 aliphatic rings. The number of para-hydroxylation sites is 2. The molecule has 2 aliphatic heterocycles. The van der Waals surface area contributed by atoms with Crippen LogP contribution in [-0.2, 0) is 27.4 Å². The molecule has 0 bridgehead atoms. The highest BCUT2D eigenvalue weighted by molar-refractivity contribution is 6.30. The Labute approximate surface area is 218 Å². The molecule has 0 spiro atoms. The number of likely N-dealkylation sites (N-methyl/N-ethyl adjacent to an activating group) is 1. The first-order valence-electron chi connectivity index (χ1n) is 12.7. The molecule has 1 amide bonds. The minimum Gasteiger partial charge on any atom is -0.480 e. The van der Waals surface area contributed by atoms with Crippen molar-refractivity contribution < 1.29 is 24.2 Å². The van der Waals surface area contributed by atoms with Gasteiger partial charge in [0, 0.05) is 54.4 Å². The molecular weight excluding hydrogens is 484 g/mol. The number of nitrogens with one attached hydrogen (secondary N) is 1. The number of fused-ring (bicyclic) bond motifs is 9. The highest BCUT2D eigenvalue weighted by Gasteiger charge is 2.41. The summed E-state index contributed by atoms with van der Waals surface area (Å²) in [5, 5.41) is 16.7. The second kappa shape index (κ2) is 8.29. The normalized spacial score (nSPS) is 21.1. The Kier molecular flexibility index (Phi) is 5.07. The molecule has 5 aromatic rings. The number of nitrogens with zero attached hydrogens (tertiary/aromatic N) is 3. The second-order valence-electron chi connectivity index (χ2n) is 10.2. The first-order chi connectivity index (χ1) is 18.5. The van der Waals surface area contributed by atoms with Crippen molar-refractivity contribution >= 4 is 55.5 Å². The maximum Gasteiger partial charge on any atom is 0.317 e. The topological polar surface area (TPSA) is 98.0 Å². The number of carbonyl (C=O) groups is 2. The smallest absolute Gasteiger partial charge is 0.317 e. The van der Waals surface area contributed by atoms with Crippen molar-refractivity contribution in [3.8, 4) is 0 Å². The Morgan fingerprint density at radius 1 is 1.03 bits per heavy atom. The number of carboxylic acid groups (broad SMARTS) is 1. The van der Waals surface area contributed by atoms with Gasteiger partial charge in [-0.2, -0.15) is 0 Å². The van der Waals surface area contributed by atoms with Crippen LogP contribution in [0.4, 0.5) is 0 Å². The number of aliphatic carboxylic acids is 1. The van der Waals surface area contributed by atoms with Crippen LogP contribution in [-0.4, -0.2) is 71.0 Å². The predicted molar refractivity (Wildman–Crippen MR) is 145 cm³/mol. The number of hydrogen-bond acceptors (Lipinski definition) is 5. The molecule has 3 unspecified atom stereocenters. The van der Waals surface area contributed by atoms with Gasteiger partial charge in [-0.05, 0) is 24.7 Å². The Bertz CT molecular complexity index is 1800. The number of carbonyl (C=O) groups excluding carboxylic acids is 1. The summed E-state index contributed by atoms with van der Waals surface area (Å²) in [4.78, 5) is 27.0. The lowest BCUT2D eigenvalue weighted by molar-refractivity contribution is -0.142. The third kappa shape index (κ3) is 2.92. The van der Waals surface area contributed by atoms with Crippen LogP contribution in [0.1, 0.15) is 22.1 Å². The van der Waals surface area contributed by atoms with E-state index in [0.29, 0.717) is 13.1 Å². The maximum absolute atomic E-state index is 13.4. The van der Waals surface area contributed by atoms with Gasteiger partial charge in [-0.25, -0.2) is 0 Å². The predicted octanol–water partition coefficient (Wildman–Crippen LogP) is 3.70. The average Bonchev–Trinajstić information content (AvgIpc) is 3.54. The van der Waals surface area contributed by atoms with Crippen LogP contribution in [0.2, 0.25) is 0 Å². The van der Waals surface area contributed by atoms with Crippen molar-refractivity contribution in [1.82, 2.24) is 19.4 Å². The van der Waals surface area contributed by atoms with Gasteiger partial charge in [0.05, 0.1) is 34.7 Å². The fraction of sp³-hybridized carbons (Fsp3) is 0.310. The number of aromatic nitrogens is 2. The number of hydrogen-bond donors (Lipinski definition) is 2. The van der Waals surface area contributed by atoms with Gasteiger partial charge in [0.2, 0.25) is 0 Å². The van der Waals surface area contributed by atoms with Crippen molar-refractivity contribution in [2.75, 3.05) is 27.8 Å². The number of ether oxygens (including phenoxy) is 2. The molecule has 0 fully saturated rings. The molecular formula is C29H28N4O5. The lowest BCUT2D eigenvalue weighted by Crippen LogP contribution is -2.51. The van der Waals surface area contributed by atoms with Crippen molar-refractivity contribution in [3.05, 3.63) is 59.7 Å². The van der Waals surface area contributed by atoms with Crippen LogP contribution in [0, 0.1) is 0 Å². The van der Waals surface area contributed by atoms with E-state index in [0.717, 1.165) is 54.7 Å². The summed E-state index contributed by atoms with van der Waals surface area (Å²) >= 11 is 0. The molecule has 9 heteroatoms. The quantitative estimate of drug-likeness (QED) is 0.373. The third-order valence-electron chi connectivity index (χ3n) is 8.36. The van der Waals surface area contributed by atoms with E-state index in [1.807, 2.05) is 36.2 Å². The molecule has 2 N–H and O–H groups in total. The molecule has 194 valence electrons. The van der Waals surface area contributed by atoms with E-state index in [-0.39, 0.29) is 18.5 Å². The minimum absolute atomic E-state index is 0.0682. The van der Waals surface area contributed by atoms with Crippen LogP contribution < -0.4 is 5.32 Å². The summed E-state index contributed by atoms with van der Waals surface area (Å²) in [5.74, 6) is -0.981. The Balaban J connectivity index is 1.73. The first kappa shape index (κ1) is 23.2. The van der Waals surface area contributed by atoms with E-state index in [4.69, 9.17) is 9.47 Å². The molecule has 3 aromatic carbocycles. The summed E-state index contributed by atoms with van der Waals surface area (Å²) in [6, 6.07) is 16.0. The molecule has 9 nitrogen and oxygen atoms in total. The highest BCUT2D eigenvalue weighted by Crippen LogP contribution is 2.47. The molecule has 0 aliphatic carbocycles. The summed E-state index contributed by atoms with van der Waals surface area (Å²) in [7, 11) is 5.12. The Morgan fingerprint density at radius 3 is 2.39 bits per heavy atom. The van der Waals surface area contributed by atoms with Gasteiger partial charge in [-0.15, -0.1) is 0 Å². The van der Waals surface area contributed by atoms with Gasteiger partial charge >= 0.3 is 5.97 Å². The number of benzene rings is 3. The second-order valence-corrected chi connectivity index (χ2v) is 10.2. The third-order valence-corrected chi connectivity index (χ3v) is 8.36. The summed E-state index contributed by atoms with van der Waals surface area (Å²) in [6.45, 7) is 0.775. The summed E-state index contributed by atoms with van der Waals surface area (Å²) in [5.41, 5.74) is 5.65. The fourth-order valence-corrected chi connectivity index (χ4v) is 6.88. The fourth-order valence-electron chi connectivity index (χ4n) is 6.88. The number of amides is 1. The molecule has 7 rings (SSSR count). The van der Waals surface area contributed by atoms with Crippen LogP contribution in [0.5, 0.6) is 0 Å². The molecule has 2 aromatic heterocycles. The monoisotopic (exact) mass is 512 g/mol. The molecule has 0 saturated carbocycles. The van der Waals surface area contributed by atoms with E-state index >= 15 is 0 Å². The zero-order valence-corrected chi connectivity index (χ0v) is 21.4. The summed E-state index contributed by atoms with van der Waals surface area (Å²) in [6.07, 6.45) is -1.03. The Hall–Kier alpha value is -3.92. The van der Waals surface area contributed by atoms with Crippen LogP contribution in [0.3, 0.4) is 0 Å². The Morgan fingerprint density at radius 2 is 1.71 bits per heavy atom. The van der Waals surface area contributed by atoms with E-state index in [1.165, 1.54) is 0 Å². The minimum atomic E-state index is -0.912. The molecule has 0 radical (unpaired) electrons. The van der Waals surface area contributed by atoms with Crippen molar-refractivity contribution in [3.63, 3.8) is 0 Å². The first-order valence-corrected chi connectivity index (χ1v) is 12.7. The molecule has 4 heterocycles. The van der Waals surface area contributed by atoms with Crippen molar-refractivity contribution in [1.29, 1.82) is 0 Å². The van der Waals surface area contributed by atoms with Gasteiger partial charge in [-0.3, -0.25) is 14.5 Å². The van der Waals surface area contributed by atoms with E-state index in [2.05, 4.69) is 38.7 Å². The number of rotatable bonds is 5. The number of carboxylic acids is 1. The summed E-state index contributed by atoms with van der Waals surface area (Å²) < 4.78 is 16.8. The lowest BCUT2D eigenvalue weighted by atomic mass is 9.96. The standard InChI is InChI=1S/C29H28N4O5/c1-31(14-21(34)35)20-13-32-18-10-6-4-8-15(18)23-24-17(12-30-28(24)36)22-16-9-5-7-11-19(16)33(26(22)25(23)32)29(38-3)27(20)37-2/h4-11,20,27,29H,12-14H2,1-3H3,(H,30,36)(H,34,35). The number of methoxy groups -OCH3 is 2. The van der Waals surface area contributed by atoms with Gasteiger partial charge in [0.1, 0.15) is 6.10 Å². The average molecular weight is 513 g/mol. The van der Waals surface area contributed by atoms with Gasteiger partial charge < -0.3 is 29.0 Å². The van der Waals surface area contributed by atoms with E-state index in [9.17, 15) is 14.7 Å². The van der Waals surface area contributed by atoms with E-state index < -0.39 is 18.3 Å². The van der Waals surface area contributed by atoms with Gasteiger partial charge in [0.15, 0.2) is 6.23 Å².